The second-order valence-corrected chi connectivity index (χ2v) is 6.90. The highest BCUT2D eigenvalue weighted by atomic mass is 79.9. The van der Waals surface area contributed by atoms with Gasteiger partial charge < -0.3 is 9.88 Å². The van der Waals surface area contributed by atoms with Gasteiger partial charge in [0.2, 0.25) is 0 Å². The summed E-state index contributed by atoms with van der Waals surface area (Å²) in [5.74, 6) is 1.01. The Morgan fingerprint density at radius 1 is 1.33 bits per heavy atom. The molecular weight excluding hydrogens is 346 g/mol. The second kappa shape index (κ2) is 6.03. The van der Waals surface area contributed by atoms with Gasteiger partial charge in [-0.05, 0) is 42.1 Å². The first kappa shape index (κ1) is 14.4. The van der Waals surface area contributed by atoms with Crippen molar-refractivity contribution in [1.29, 1.82) is 0 Å². The summed E-state index contributed by atoms with van der Waals surface area (Å²) in [4.78, 5) is 5.76. The number of hydrogen-bond acceptors (Lipinski definition) is 3. The fourth-order valence-corrected chi connectivity index (χ4v) is 3.74. The SMILES string of the molecule is Cc1cc(Br)cc(NC(c2cccs2)c2nccn2C)c1. The number of benzene rings is 1. The van der Waals surface area contributed by atoms with Gasteiger partial charge >= 0.3 is 0 Å². The highest BCUT2D eigenvalue weighted by Gasteiger charge is 2.19. The number of halogens is 1. The molecule has 2 heterocycles. The first-order valence-corrected chi connectivity index (χ1v) is 8.35. The third-order valence-corrected chi connectivity index (χ3v) is 4.69. The molecule has 1 atom stereocenters. The summed E-state index contributed by atoms with van der Waals surface area (Å²) < 4.78 is 3.14. The molecule has 0 amide bonds. The molecule has 1 unspecified atom stereocenters. The molecule has 2 aromatic heterocycles. The van der Waals surface area contributed by atoms with Crippen molar-refractivity contribution in [2.24, 2.45) is 7.05 Å². The molecule has 1 aromatic carbocycles. The number of aromatic nitrogens is 2. The van der Waals surface area contributed by atoms with Crippen LogP contribution in [0.15, 0.2) is 52.6 Å². The lowest BCUT2D eigenvalue weighted by molar-refractivity contribution is 0.756. The quantitative estimate of drug-likeness (QED) is 0.726. The molecule has 0 saturated carbocycles. The molecule has 0 spiro atoms. The Labute approximate surface area is 136 Å². The topological polar surface area (TPSA) is 29.9 Å². The van der Waals surface area contributed by atoms with Gasteiger partial charge in [-0.3, -0.25) is 0 Å². The molecule has 0 fully saturated rings. The highest BCUT2D eigenvalue weighted by Crippen LogP contribution is 2.30. The average molecular weight is 362 g/mol. The highest BCUT2D eigenvalue weighted by molar-refractivity contribution is 9.10. The van der Waals surface area contributed by atoms with Crippen molar-refractivity contribution in [2.75, 3.05) is 5.32 Å². The fraction of sp³-hybridized carbons (Fsp3) is 0.188. The third-order valence-electron chi connectivity index (χ3n) is 3.30. The fourth-order valence-electron chi connectivity index (χ4n) is 2.36. The van der Waals surface area contributed by atoms with Gasteiger partial charge in [-0.1, -0.05) is 22.0 Å². The van der Waals surface area contributed by atoms with Gasteiger partial charge in [0.05, 0.1) is 0 Å². The summed E-state index contributed by atoms with van der Waals surface area (Å²) in [6, 6.07) is 10.6. The normalized spacial score (nSPS) is 12.3. The van der Waals surface area contributed by atoms with Gasteiger partial charge in [0.25, 0.3) is 0 Å². The third kappa shape index (κ3) is 3.19. The Bertz CT molecular complexity index is 714. The first-order chi connectivity index (χ1) is 10.1. The summed E-state index contributed by atoms with van der Waals surface area (Å²) in [5, 5.41) is 5.70. The Kier molecular flexibility index (Phi) is 4.12. The Balaban J connectivity index is 1.99. The lowest BCUT2D eigenvalue weighted by Crippen LogP contribution is -2.15. The predicted molar refractivity (Wildman–Crippen MR) is 91.9 cm³/mol. The predicted octanol–water partition coefficient (Wildman–Crippen LogP) is 4.75. The van der Waals surface area contributed by atoms with E-state index in [1.165, 1.54) is 10.4 Å². The van der Waals surface area contributed by atoms with Crippen molar-refractivity contribution in [1.82, 2.24) is 9.55 Å². The van der Waals surface area contributed by atoms with Crippen molar-refractivity contribution in [2.45, 2.75) is 13.0 Å². The van der Waals surface area contributed by atoms with Gasteiger partial charge in [-0.25, -0.2) is 4.98 Å². The maximum atomic E-state index is 4.51. The van der Waals surface area contributed by atoms with Crippen molar-refractivity contribution >= 4 is 33.0 Å². The maximum absolute atomic E-state index is 4.51. The molecule has 3 nitrogen and oxygen atoms in total. The van der Waals surface area contributed by atoms with Crippen LogP contribution in [-0.2, 0) is 7.05 Å². The van der Waals surface area contributed by atoms with Gasteiger partial charge in [-0.15, -0.1) is 11.3 Å². The molecule has 0 aliphatic heterocycles. The van der Waals surface area contributed by atoms with E-state index >= 15 is 0 Å². The van der Waals surface area contributed by atoms with E-state index in [9.17, 15) is 0 Å². The summed E-state index contributed by atoms with van der Waals surface area (Å²) in [7, 11) is 2.02. The lowest BCUT2D eigenvalue weighted by Gasteiger charge is -2.19. The molecule has 0 radical (unpaired) electrons. The van der Waals surface area contributed by atoms with E-state index in [0.717, 1.165) is 16.0 Å². The van der Waals surface area contributed by atoms with Crippen LogP contribution in [0.5, 0.6) is 0 Å². The van der Waals surface area contributed by atoms with E-state index in [0.29, 0.717) is 0 Å². The van der Waals surface area contributed by atoms with Crippen molar-refractivity contribution in [3.05, 3.63) is 68.8 Å². The number of rotatable bonds is 4. The number of imidazole rings is 1. The molecule has 0 aliphatic carbocycles. The zero-order chi connectivity index (χ0) is 14.8. The van der Waals surface area contributed by atoms with Crippen LogP contribution in [-0.4, -0.2) is 9.55 Å². The molecule has 0 saturated heterocycles. The van der Waals surface area contributed by atoms with Crippen molar-refractivity contribution < 1.29 is 0 Å². The van der Waals surface area contributed by atoms with Crippen LogP contribution >= 0.6 is 27.3 Å². The Morgan fingerprint density at radius 2 is 2.19 bits per heavy atom. The lowest BCUT2D eigenvalue weighted by atomic mass is 10.1. The monoisotopic (exact) mass is 361 g/mol. The summed E-state index contributed by atoms with van der Waals surface area (Å²) >= 11 is 5.29. The van der Waals surface area contributed by atoms with Crippen LogP contribution in [0.1, 0.15) is 22.3 Å². The number of aryl methyl sites for hydroxylation is 2. The van der Waals surface area contributed by atoms with Crippen LogP contribution in [0.2, 0.25) is 0 Å². The zero-order valence-corrected chi connectivity index (χ0v) is 14.3. The number of nitrogens with zero attached hydrogens (tertiary/aromatic N) is 2. The largest absolute Gasteiger partial charge is 0.371 e. The molecule has 21 heavy (non-hydrogen) atoms. The van der Waals surface area contributed by atoms with E-state index in [-0.39, 0.29) is 6.04 Å². The smallest absolute Gasteiger partial charge is 0.136 e. The van der Waals surface area contributed by atoms with Crippen LogP contribution in [0, 0.1) is 6.92 Å². The maximum Gasteiger partial charge on any atom is 0.136 e. The minimum atomic E-state index is 0.0544. The Morgan fingerprint density at radius 3 is 2.81 bits per heavy atom. The van der Waals surface area contributed by atoms with Crippen LogP contribution < -0.4 is 5.32 Å². The summed E-state index contributed by atoms with van der Waals surface area (Å²) in [5.41, 5.74) is 2.31. The van der Waals surface area contributed by atoms with Crippen LogP contribution in [0.3, 0.4) is 0 Å². The van der Waals surface area contributed by atoms with E-state index < -0.39 is 0 Å². The average Bonchev–Trinajstić information content (AvgIpc) is 3.06. The molecule has 0 aliphatic rings. The molecular formula is C16H16BrN3S. The van der Waals surface area contributed by atoms with E-state index in [1.807, 2.05) is 19.4 Å². The van der Waals surface area contributed by atoms with Crippen LogP contribution in [0.4, 0.5) is 5.69 Å². The number of anilines is 1. The molecule has 1 N–H and O–H groups in total. The molecule has 5 heteroatoms. The molecule has 3 aromatic rings. The van der Waals surface area contributed by atoms with E-state index in [4.69, 9.17) is 0 Å². The van der Waals surface area contributed by atoms with Crippen LogP contribution in [0.25, 0.3) is 0 Å². The number of hydrogen-bond donors (Lipinski definition) is 1. The first-order valence-electron chi connectivity index (χ1n) is 6.68. The summed E-state index contributed by atoms with van der Waals surface area (Å²) in [6.45, 7) is 2.09. The van der Waals surface area contributed by atoms with Crippen molar-refractivity contribution in [3.63, 3.8) is 0 Å². The molecule has 0 bridgehead atoms. The number of thiophene rings is 1. The van der Waals surface area contributed by atoms with Gasteiger partial charge in [-0.2, -0.15) is 0 Å². The number of nitrogens with one attached hydrogen (secondary N) is 1. The minimum Gasteiger partial charge on any atom is -0.371 e. The van der Waals surface area contributed by atoms with Gasteiger partial charge in [0, 0.05) is 34.5 Å². The molecule has 108 valence electrons. The second-order valence-electron chi connectivity index (χ2n) is 5.01. The van der Waals surface area contributed by atoms with E-state index in [2.05, 4.69) is 73.4 Å². The van der Waals surface area contributed by atoms with Gasteiger partial charge in [0.15, 0.2) is 0 Å². The standard InChI is InChI=1S/C16H16BrN3S/c1-11-8-12(17)10-13(9-11)19-15(14-4-3-7-21-14)16-18-5-6-20(16)2/h3-10,15,19H,1-2H3. The zero-order valence-electron chi connectivity index (χ0n) is 11.9. The Hall–Kier alpha value is -1.59. The molecule has 3 rings (SSSR count). The van der Waals surface area contributed by atoms with E-state index in [1.54, 1.807) is 11.3 Å². The van der Waals surface area contributed by atoms with Gasteiger partial charge in [0.1, 0.15) is 11.9 Å². The summed E-state index contributed by atoms with van der Waals surface area (Å²) in [6.07, 6.45) is 3.81. The minimum absolute atomic E-state index is 0.0544. The van der Waals surface area contributed by atoms with Crippen molar-refractivity contribution in [3.8, 4) is 0 Å².